The second-order valence-electron chi connectivity index (χ2n) is 12.1. The van der Waals surface area contributed by atoms with Crippen molar-refractivity contribution >= 4 is 23.3 Å². The zero-order chi connectivity index (χ0) is 28.4. The van der Waals surface area contributed by atoms with Gasteiger partial charge in [-0.05, 0) is 110 Å². The summed E-state index contributed by atoms with van der Waals surface area (Å²) in [6, 6.07) is 25.3. The number of carbonyl (C=O) groups excluding carboxylic acids is 1. The maximum atomic E-state index is 13.8. The third kappa shape index (κ3) is 6.12. The molecule has 2 saturated carbocycles. The number of urea groups is 1. The van der Waals surface area contributed by atoms with Crippen molar-refractivity contribution in [3.05, 3.63) is 100 Å². The minimum Gasteiger partial charge on any atom is -0.321 e. The Labute approximate surface area is 246 Å². The summed E-state index contributed by atoms with van der Waals surface area (Å²) in [6.45, 7) is 3.72. The number of nitrogens with one attached hydrogen (secondary N) is 1. The van der Waals surface area contributed by atoms with E-state index in [1.54, 1.807) is 6.07 Å². The molecule has 3 atom stereocenters. The van der Waals surface area contributed by atoms with Gasteiger partial charge in [0.2, 0.25) is 0 Å². The molecule has 3 aromatic carbocycles. The van der Waals surface area contributed by atoms with Gasteiger partial charge in [0.25, 0.3) is 0 Å². The Morgan fingerprint density at radius 2 is 1.88 bits per heavy atom. The number of likely N-dealkylation sites (tertiary alicyclic amines) is 1. The molecule has 3 unspecified atom stereocenters. The highest BCUT2D eigenvalue weighted by Crippen LogP contribution is 2.63. The molecule has 1 saturated heterocycles. The van der Waals surface area contributed by atoms with Crippen LogP contribution in [0.2, 0.25) is 5.02 Å². The van der Waals surface area contributed by atoms with Crippen molar-refractivity contribution in [3.8, 4) is 6.07 Å². The fraction of sp³-hybridized carbons (Fsp3) is 0.412. The Balaban J connectivity index is 1.14. The van der Waals surface area contributed by atoms with Crippen LogP contribution in [-0.2, 0) is 12.0 Å². The molecule has 1 aliphatic heterocycles. The summed E-state index contributed by atoms with van der Waals surface area (Å²) in [7, 11) is 0. The molecule has 0 aromatic heterocycles. The number of anilines is 1. The van der Waals surface area contributed by atoms with Crippen LogP contribution in [0.5, 0.6) is 0 Å². The second-order valence-corrected chi connectivity index (χ2v) is 12.5. The van der Waals surface area contributed by atoms with E-state index >= 15 is 0 Å². The van der Waals surface area contributed by atoms with Crippen LogP contribution in [0.25, 0.3) is 0 Å². The smallest absolute Gasteiger partial charge is 0.321 e. The molecule has 41 heavy (non-hydrogen) atoms. The summed E-state index contributed by atoms with van der Waals surface area (Å²) >= 11 is 6.01. The average Bonchev–Trinajstić information content (AvgIpc) is 3.74. The van der Waals surface area contributed by atoms with Crippen LogP contribution in [0.4, 0.5) is 14.9 Å². The van der Waals surface area contributed by atoms with Gasteiger partial charge in [0.15, 0.2) is 0 Å². The lowest BCUT2D eigenvalue weighted by Crippen LogP contribution is -2.49. The Morgan fingerprint density at radius 3 is 2.61 bits per heavy atom. The largest absolute Gasteiger partial charge is 0.322 e. The van der Waals surface area contributed by atoms with Crippen molar-refractivity contribution < 1.29 is 9.18 Å². The molecule has 1 N–H and O–H groups in total. The first-order valence-corrected chi connectivity index (χ1v) is 15.1. The molecule has 0 radical (unpaired) electrons. The van der Waals surface area contributed by atoms with Crippen molar-refractivity contribution in [1.29, 1.82) is 5.26 Å². The molecule has 6 rings (SSSR count). The lowest BCUT2D eigenvalue weighted by Gasteiger charge is -2.40. The number of benzene rings is 3. The zero-order valence-electron chi connectivity index (χ0n) is 23.2. The molecule has 3 fully saturated rings. The first-order chi connectivity index (χ1) is 19.9. The summed E-state index contributed by atoms with van der Waals surface area (Å²) in [5.41, 5.74) is 3.96. The van der Waals surface area contributed by atoms with E-state index in [1.165, 1.54) is 23.3 Å². The van der Waals surface area contributed by atoms with Crippen LogP contribution in [0, 0.1) is 29.0 Å². The second kappa shape index (κ2) is 11.8. The van der Waals surface area contributed by atoms with Gasteiger partial charge in [-0.1, -0.05) is 54.1 Å². The normalized spacial score (nSPS) is 24.2. The number of rotatable bonds is 7. The number of piperidine rings is 1. The molecule has 3 aliphatic rings. The van der Waals surface area contributed by atoms with E-state index in [1.807, 2.05) is 18.2 Å². The summed E-state index contributed by atoms with van der Waals surface area (Å²) in [4.78, 5) is 18.3. The summed E-state index contributed by atoms with van der Waals surface area (Å²) in [5.74, 6) is 0.447. The van der Waals surface area contributed by atoms with Gasteiger partial charge in [0.05, 0.1) is 16.7 Å². The van der Waals surface area contributed by atoms with Gasteiger partial charge < -0.3 is 10.2 Å². The zero-order valence-corrected chi connectivity index (χ0v) is 24.0. The van der Waals surface area contributed by atoms with Crippen molar-refractivity contribution in [2.45, 2.75) is 56.5 Å². The van der Waals surface area contributed by atoms with Crippen LogP contribution < -0.4 is 5.32 Å². The highest BCUT2D eigenvalue weighted by Gasteiger charge is 2.58. The Hall–Kier alpha value is -3.40. The topological polar surface area (TPSA) is 59.4 Å². The Morgan fingerprint density at radius 1 is 1.07 bits per heavy atom. The van der Waals surface area contributed by atoms with E-state index in [0.717, 1.165) is 58.2 Å². The number of halogens is 2. The van der Waals surface area contributed by atoms with E-state index in [9.17, 15) is 14.4 Å². The van der Waals surface area contributed by atoms with Gasteiger partial charge in [-0.3, -0.25) is 4.90 Å². The van der Waals surface area contributed by atoms with Crippen molar-refractivity contribution in [1.82, 2.24) is 9.80 Å². The third-order valence-electron chi connectivity index (χ3n) is 9.56. The highest BCUT2D eigenvalue weighted by atomic mass is 35.5. The first-order valence-electron chi connectivity index (χ1n) is 14.7. The number of nitriles is 1. The average molecular weight is 571 g/mol. The number of hydrogen-bond donors (Lipinski definition) is 1. The molecule has 212 valence electrons. The maximum Gasteiger partial charge on any atom is 0.322 e. The molecule has 3 aromatic rings. The van der Waals surface area contributed by atoms with Crippen LogP contribution in [-0.4, -0.2) is 41.5 Å². The van der Waals surface area contributed by atoms with Gasteiger partial charge in [0.1, 0.15) is 5.82 Å². The molecular weight excluding hydrogens is 535 g/mol. The van der Waals surface area contributed by atoms with E-state index < -0.39 is 5.82 Å². The van der Waals surface area contributed by atoms with E-state index in [4.69, 9.17) is 11.6 Å². The van der Waals surface area contributed by atoms with Crippen molar-refractivity contribution in [2.24, 2.45) is 11.8 Å². The minimum atomic E-state index is -0.499. The summed E-state index contributed by atoms with van der Waals surface area (Å²) in [5, 5.41) is 12.4. The fourth-order valence-electron chi connectivity index (χ4n) is 7.16. The monoisotopic (exact) mass is 570 g/mol. The summed E-state index contributed by atoms with van der Waals surface area (Å²) < 4.78 is 13.8. The molecule has 7 heteroatoms. The Bertz CT molecular complexity index is 1430. The molecule has 5 nitrogen and oxygen atoms in total. The standard InChI is InChI=1S/C34H36ClFN4O/c35-31-19-29(9-10-32(31)36)38-33(41)40(23-25-12-15-39(16-13-25)22-24-5-2-1-3-6-24)30-11-14-34(20-28(34)18-30)27-8-4-7-26(17-27)21-37/h1-10,17,19,25,28,30H,11-16,18,20,22-23H2,(H,38,41). The fourth-order valence-corrected chi connectivity index (χ4v) is 7.34. The molecule has 0 bridgehead atoms. The Kier molecular flexibility index (Phi) is 8.01. The van der Waals surface area contributed by atoms with E-state index in [2.05, 4.69) is 57.6 Å². The van der Waals surface area contributed by atoms with E-state index in [-0.39, 0.29) is 22.5 Å². The molecule has 1 heterocycles. The van der Waals surface area contributed by atoms with Gasteiger partial charge in [0, 0.05) is 24.8 Å². The minimum absolute atomic E-state index is 0.000155. The predicted octanol–water partition coefficient (Wildman–Crippen LogP) is 7.61. The van der Waals surface area contributed by atoms with E-state index in [0.29, 0.717) is 29.6 Å². The summed E-state index contributed by atoms with van der Waals surface area (Å²) in [6.07, 6.45) is 6.12. The van der Waals surface area contributed by atoms with Gasteiger partial charge in [-0.15, -0.1) is 0 Å². The predicted molar refractivity (Wildman–Crippen MR) is 160 cm³/mol. The maximum absolute atomic E-state index is 13.8. The lowest BCUT2D eigenvalue weighted by molar-refractivity contribution is 0.115. The number of fused-ring (bicyclic) bond motifs is 1. The van der Waals surface area contributed by atoms with Crippen LogP contribution >= 0.6 is 11.6 Å². The molecule has 2 aliphatic carbocycles. The molecule has 0 spiro atoms. The quantitative estimate of drug-likeness (QED) is 0.318. The van der Waals surface area contributed by atoms with Crippen LogP contribution in [0.15, 0.2) is 72.8 Å². The number of hydrogen-bond acceptors (Lipinski definition) is 3. The number of carbonyl (C=O) groups is 1. The SMILES string of the molecule is N#Cc1cccc(C23CCC(N(CC4CCN(Cc5ccccc5)CC4)C(=O)Nc4ccc(F)c(Cl)c4)CC2C3)c1. The van der Waals surface area contributed by atoms with Crippen LogP contribution in [0.3, 0.4) is 0 Å². The first kappa shape index (κ1) is 27.8. The van der Waals surface area contributed by atoms with Crippen molar-refractivity contribution in [2.75, 3.05) is 25.0 Å². The van der Waals surface area contributed by atoms with Gasteiger partial charge in [-0.25, -0.2) is 9.18 Å². The number of nitrogens with zero attached hydrogens (tertiary/aromatic N) is 3. The molecular formula is C34H36ClFN4O. The van der Waals surface area contributed by atoms with Gasteiger partial charge in [-0.2, -0.15) is 5.26 Å². The van der Waals surface area contributed by atoms with Gasteiger partial charge >= 0.3 is 6.03 Å². The highest BCUT2D eigenvalue weighted by molar-refractivity contribution is 6.31. The molecule has 2 amide bonds. The van der Waals surface area contributed by atoms with Crippen LogP contribution in [0.1, 0.15) is 55.2 Å². The lowest BCUT2D eigenvalue weighted by atomic mass is 9.79. The van der Waals surface area contributed by atoms with Crippen molar-refractivity contribution in [3.63, 3.8) is 0 Å². The number of amides is 2. The third-order valence-corrected chi connectivity index (χ3v) is 9.85.